The molecule has 1 amide bonds. The maximum Gasteiger partial charge on any atom is 0.411 e. The zero-order valence-electron chi connectivity index (χ0n) is 22.0. The SMILES string of the molecule is COC(=O)[C@@H]1C[C@@H](S(=O)(=O)C(c2ccccc2)(c2ccccc2)c2ccccc2)CN1C(=O)OC(C)(C)C. The highest BCUT2D eigenvalue weighted by molar-refractivity contribution is 7.93. The second-order valence-corrected chi connectivity index (χ2v) is 12.7. The Labute approximate surface area is 224 Å². The Bertz CT molecular complexity index is 1270. The summed E-state index contributed by atoms with van der Waals surface area (Å²) >= 11 is 0. The normalized spacial score (nSPS) is 18.2. The molecule has 1 saturated heterocycles. The number of benzene rings is 3. The minimum Gasteiger partial charge on any atom is -0.467 e. The number of hydrogen-bond donors (Lipinski definition) is 0. The first kappa shape index (κ1) is 27.4. The minimum absolute atomic E-state index is 0.109. The smallest absolute Gasteiger partial charge is 0.411 e. The van der Waals surface area contributed by atoms with Gasteiger partial charge in [-0.2, -0.15) is 0 Å². The van der Waals surface area contributed by atoms with Gasteiger partial charge < -0.3 is 9.47 Å². The van der Waals surface area contributed by atoms with Crippen LogP contribution in [-0.4, -0.2) is 55.9 Å². The van der Waals surface area contributed by atoms with Crippen LogP contribution in [-0.2, 0) is 28.9 Å². The lowest BCUT2D eigenvalue weighted by atomic mass is 9.84. The molecule has 0 unspecified atom stereocenters. The van der Waals surface area contributed by atoms with Crippen molar-refractivity contribution in [2.24, 2.45) is 0 Å². The van der Waals surface area contributed by atoms with Crippen LogP contribution in [0.2, 0.25) is 0 Å². The number of amides is 1. The molecule has 0 aliphatic carbocycles. The number of rotatable bonds is 6. The zero-order chi connectivity index (χ0) is 27.6. The Kier molecular flexibility index (Phi) is 7.65. The van der Waals surface area contributed by atoms with Crippen LogP contribution in [0.4, 0.5) is 4.79 Å². The fraction of sp³-hybridized carbons (Fsp3) is 0.333. The molecule has 4 rings (SSSR count). The predicted molar refractivity (Wildman–Crippen MR) is 145 cm³/mol. The van der Waals surface area contributed by atoms with Gasteiger partial charge in [-0.15, -0.1) is 0 Å². The Morgan fingerprint density at radius 1 is 0.789 bits per heavy atom. The summed E-state index contributed by atoms with van der Waals surface area (Å²) in [5.41, 5.74) is 0.893. The molecule has 0 aromatic heterocycles. The van der Waals surface area contributed by atoms with Gasteiger partial charge in [0.15, 0.2) is 9.84 Å². The van der Waals surface area contributed by atoms with Crippen molar-refractivity contribution in [1.29, 1.82) is 0 Å². The molecular weight excluding hydrogens is 502 g/mol. The lowest BCUT2D eigenvalue weighted by molar-refractivity contribution is -0.145. The monoisotopic (exact) mass is 535 g/mol. The molecule has 0 spiro atoms. The largest absolute Gasteiger partial charge is 0.467 e. The van der Waals surface area contributed by atoms with Gasteiger partial charge in [-0.05, 0) is 43.9 Å². The average Bonchev–Trinajstić information content (AvgIpc) is 3.36. The van der Waals surface area contributed by atoms with Gasteiger partial charge >= 0.3 is 12.1 Å². The molecule has 1 aliphatic rings. The van der Waals surface area contributed by atoms with Crippen LogP contribution in [0.25, 0.3) is 0 Å². The van der Waals surface area contributed by atoms with Gasteiger partial charge in [-0.25, -0.2) is 18.0 Å². The van der Waals surface area contributed by atoms with Crippen molar-refractivity contribution in [2.45, 2.75) is 48.8 Å². The van der Waals surface area contributed by atoms with E-state index in [2.05, 4.69) is 0 Å². The number of methoxy groups -OCH3 is 1. The topological polar surface area (TPSA) is 90.0 Å². The van der Waals surface area contributed by atoms with E-state index in [4.69, 9.17) is 9.47 Å². The molecule has 0 radical (unpaired) electrons. The van der Waals surface area contributed by atoms with Crippen molar-refractivity contribution in [3.8, 4) is 0 Å². The predicted octanol–water partition coefficient (Wildman–Crippen LogP) is 4.94. The number of esters is 1. The third-order valence-electron chi connectivity index (χ3n) is 6.77. The Hall–Kier alpha value is -3.65. The van der Waals surface area contributed by atoms with Crippen LogP contribution in [0.3, 0.4) is 0 Å². The minimum atomic E-state index is -4.16. The van der Waals surface area contributed by atoms with Gasteiger partial charge in [0, 0.05) is 6.54 Å². The van der Waals surface area contributed by atoms with Crippen molar-refractivity contribution >= 4 is 21.9 Å². The van der Waals surface area contributed by atoms with E-state index in [1.165, 1.54) is 12.0 Å². The quantitative estimate of drug-likeness (QED) is 0.328. The summed E-state index contributed by atoms with van der Waals surface area (Å²) in [4.78, 5) is 27.1. The van der Waals surface area contributed by atoms with E-state index >= 15 is 8.42 Å². The second-order valence-electron chi connectivity index (χ2n) is 10.4. The third kappa shape index (κ3) is 4.92. The van der Waals surface area contributed by atoms with E-state index in [-0.39, 0.29) is 13.0 Å². The van der Waals surface area contributed by atoms with Crippen molar-refractivity contribution in [3.05, 3.63) is 108 Å². The molecule has 200 valence electrons. The highest BCUT2D eigenvalue weighted by Crippen LogP contribution is 2.47. The number of carbonyl (C=O) groups is 2. The fourth-order valence-corrected chi connectivity index (χ4v) is 7.85. The van der Waals surface area contributed by atoms with Crippen LogP contribution in [0.1, 0.15) is 43.9 Å². The van der Waals surface area contributed by atoms with Crippen molar-refractivity contribution in [3.63, 3.8) is 0 Å². The lowest BCUT2D eigenvalue weighted by Crippen LogP contribution is -2.46. The summed E-state index contributed by atoms with van der Waals surface area (Å²) in [6.07, 6.45) is -0.863. The first-order valence-corrected chi connectivity index (χ1v) is 14.0. The molecule has 1 heterocycles. The average molecular weight is 536 g/mol. The van der Waals surface area contributed by atoms with Gasteiger partial charge in [-0.1, -0.05) is 91.0 Å². The lowest BCUT2D eigenvalue weighted by Gasteiger charge is -2.37. The standard InChI is InChI=1S/C30H33NO6S/c1-29(2,3)37-28(33)31-21-25(20-26(31)27(32)36-4)38(34,35)30(22-14-8-5-9-15-22,23-16-10-6-11-17-23)24-18-12-7-13-19-24/h5-19,25-26H,20-21H2,1-4H3/t25-,26+/m1/s1. The zero-order valence-corrected chi connectivity index (χ0v) is 22.9. The summed E-state index contributed by atoms with van der Waals surface area (Å²) in [5.74, 6) is -0.682. The molecule has 0 N–H and O–H groups in total. The second kappa shape index (κ2) is 10.6. The Balaban J connectivity index is 1.93. The molecule has 7 nitrogen and oxygen atoms in total. The molecule has 0 bridgehead atoms. The number of sulfone groups is 1. The van der Waals surface area contributed by atoms with Crippen LogP contribution >= 0.6 is 0 Å². The van der Waals surface area contributed by atoms with E-state index in [1.54, 1.807) is 57.2 Å². The number of ether oxygens (including phenoxy) is 2. The molecule has 8 heteroatoms. The summed E-state index contributed by atoms with van der Waals surface area (Å²) < 4.78 is 39.0. The third-order valence-corrected chi connectivity index (χ3v) is 9.55. The van der Waals surface area contributed by atoms with E-state index in [1.807, 2.05) is 54.6 Å². The van der Waals surface area contributed by atoms with Crippen LogP contribution in [0.15, 0.2) is 91.0 Å². The molecule has 2 atom stereocenters. The summed E-state index contributed by atoms with van der Waals surface area (Å²) in [7, 11) is -2.94. The Morgan fingerprint density at radius 3 is 1.58 bits per heavy atom. The fourth-order valence-electron chi connectivity index (χ4n) is 5.17. The molecule has 0 saturated carbocycles. The maximum absolute atomic E-state index is 15.0. The van der Waals surface area contributed by atoms with Gasteiger partial charge in [0.1, 0.15) is 16.4 Å². The molecule has 38 heavy (non-hydrogen) atoms. The van der Waals surface area contributed by atoms with E-state index in [0.717, 1.165) is 0 Å². The molecule has 3 aromatic rings. The number of carbonyl (C=O) groups excluding carboxylic acids is 2. The van der Waals surface area contributed by atoms with Crippen molar-refractivity contribution < 1.29 is 27.5 Å². The summed E-state index contributed by atoms with van der Waals surface area (Å²) in [6.45, 7) is 4.94. The van der Waals surface area contributed by atoms with Crippen molar-refractivity contribution in [1.82, 2.24) is 4.90 Å². The highest BCUT2D eigenvalue weighted by atomic mass is 32.2. The van der Waals surface area contributed by atoms with E-state index < -0.39 is 43.5 Å². The van der Waals surface area contributed by atoms with Gasteiger partial charge in [0.05, 0.1) is 12.4 Å². The van der Waals surface area contributed by atoms with Gasteiger partial charge in [0.2, 0.25) is 0 Å². The van der Waals surface area contributed by atoms with Gasteiger partial charge in [-0.3, -0.25) is 4.90 Å². The Morgan fingerprint density at radius 2 is 1.21 bits per heavy atom. The molecule has 1 aliphatic heterocycles. The number of nitrogens with zero attached hydrogens (tertiary/aromatic N) is 1. The molecule has 1 fully saturated rings. The molecular formula is C30H33NO6S. The maximum atomic E-state index is 15.0. The number of hydrogen-bond acceptors (Lipinski definition) is 6. The molecule has 3 aromatic carbocycles. The van der Waals surface area contributed by atoms with Crippen LogP contribution in [0, 0.1) is 0 Å². The summed E-state index contributed by atoms with van der Waals surface area (Å²) in [5, 5.41) is -1.07. The first-order valence-electron chi connectivity index (χ1n) is 12.5. The van der Waals surface area contributed by atoms with E-state index in [0.29, 0.717) is 16.7 Å². The van der Waals surface area contributed by atoms with E-state index in [9.17, 15) is 9.59 Å². The number of likely N-dealkylation sites (tertiary alicyclic amines) is 1. The summed E-state index contributed by atoms with van der Waals surface area (Å²) in [6, 6.07) is 26.1. The van der Waals surface area contributed by atoms with Crippen molar-refractivity contribution in [2.75, 3.05) is 13.7 Å². The van der Waals surface area contributed by atoms with Crippen LogP contribution < -0.4 is 0 Å². The van der Waals surface area contributed by atoms with Gasteiger partial charge in [0.25, 0.3) is 0 Å². The van der Waals surface area contributed by atoms with Crippen LogP contribution in [0.5, 0.6) is 0 Å². The first-order chi connectivity index (χ1) is 18.0. The highest BCUT2D eigenvalue weighted by Gasteiger charge is 2.56.